The molecule has 0 aromatic heterocycles. The molecule has 0 bridgehead atoms. The lowest BCUT2D eigenvalue weighted by molar-refractivity contribution is -0.116. The number of carbonyl (C=O) groups is 2. The number of aliphatic hydroxyl groups is 1. The lowest BCUT2D eigenvalue weighted by Crippen LogP contribution is -2.30. The van der Waals surface area contributed by atoms with Crippen LogP contribution in [0.1, 0.15) is 42.5 Å². The zero-order valence-electron chi connectivity index (χ0n) is 13.5. The van der Waals surface area contributed by atoms with Crippen LogP contribution in [0.2, 0.25) is 5.02 Å². The standard InChI is InChI=1S/C17H18ClNO5S/c18-11-6-7-12(17(22)16-13(20)4-3-5-14(16)21)15(10-11)25(23,24)19-8-1-2-9-19/h6-7,10,20H,1-5,8-9H2. The molecule has 1 aromatic rings. The van der Waals surface area contributed by atoms with Gasteiger partial charge in [-0.1, -0.05) is 11.6 Å². The Morgan fingerprint density at radius 1 is 1.12 bits per heavy atom. The van der Waals surface area contributed by atoms with Crippen LogP contribution in [0.15, 0.2) is 34.4 Å². The van der Waals surface area contributed by atoms with Crippen LogP contribution in [0.5, 0.6) is 0 Å². The molecule has 1 aliphatic carbocycles. The SMILES string of the molecule is O=C1CCCC(O)=C1C(=O)c1ccc(Cl)cc1S(=O)(=O)N1CCCC1. The molecule has 1 saturated heterocycles. The molecular formula is C17H18ClNO5S. The molecule has 0 amide bonds. The van der Waals surface area contributed by atoms with E-state index in [9.17, 15) is 23.1 Å². The van der Waals surface area contributed by atoms with E-state index in [1.807, 2.05) is 0 Å². The number of aliphatic hydroxyl groups excluding tert-OH is 1. The second-order valence-electron chi connectivity index (χ2n) is 6.18. The van der Waals surface area contributed by atoms with E-state index in [-0.39, 0.29) is 39.7 Å². The van der Waals surface area contributed by atoms with Crippen molar-refractivity contribution >= 4 is 33.2 Å². The summed E-state index contributed by atoms with van der Waals surface area (Å²) in [7, 11) is -3.90. The Bertz CT molecular complexity index is 869. The molecule has 1 aliphatic heterocycles. The second-order valence-corrected chi connectivity index (χ2v) is 8.52. The van der Waals surface area contributed by atoms with Gasteiger partial charge in [-0.25, -0.2) is 8.42 Å². The Morgan fingerprint density at radius 2 is 1.80 bits per heavy atom. The molecule has 25 heavy (non-hydrogen) atoms. The third-order valence-electron chi connectivity index (χ3n) is 4.48. The van der Waals surface area contributed by atoms with E-state index in [2.05, 4.69) is 0 Å². The number of allylic oxidation sites excluding steroid dienone is 2. The van der Waals surface area contributed by atoms with Crippen molar-refractivity contribution in [3.8, 4) is 0 Å². The van der Waals surface area contributed by atoms with Crippen molar-refractivity contribution in [1.82, 2.24) is 4.31 Å². The largest absolute Gasteiger partial charge is 0.511 e. The molecular weight excluding hydrogens is 366 g/mol. The zero-order valence-corrected chi connectivity index (χ0v) is 15.1. The minimum Gasteiger partial charge on any atom is -0.511 e. The van der Waals surface area contributed by atoms with Crippen LogP contribution in [0.3, 0.4) is 0 Å². The zero-order chi connectivity index (χ0) is 18.2. The number of ketones is 2. The normalized spacial score (nSPS) is 19.5. The third kappa shape index (κ3) is 3.36. The quantitative estimate of drug-likeness (QED) is 0.637. The van der Waals surface area contributed by atoms with Crippen LogP contribution in [0, 0.1) is 0 Å². The number of benzene rings is 1. The number of sulfonamides is 1. The summed E-state index contributed by atoms with van der Waals surface area (Å²) in [6, 6.07) is 3.94. The topological polar surface area (TPSA) is 91.7 Å². The van der Waals surface area contributed by atoms with E-state index in [0.717, 1.165) is 12.8 Å². The predicted octanol–water partition coefficient (Wildman–Crippen LogP) is 2.87. The van der Waals surface area contributed by atoms with E-state index >= 15 is 0 Å². The van der Waals surface area contributed by atoms with Gasteiger partial charge in [-0.2, -0.15) is 4.31 Å². The van der Waals surface area contributed by atoms with Gasteiger partial charge in [0.15, 0.2) is 5.78 Å². The van der Waals surface area contributed by atoms with Crippen LogP contribution in [-0.4, -0.2) is 42.5 Å². The molecule has 0 spiro atoms. The van der Waals surface area contributed by atoms with E-state index in [1.165, 1.54) is 22.5 Å². The number of nitrogens with zero attached hydrogens (tertiary/aromatic N) is 1. The first-order chi connectivity index (χ1) is 11.8. The fourth-order valence-corrected chi connectivity index (χ4v) is 5.15. The average molecular weight is 384 g/mol. The Morgan fingerprint density at radius 3 is 2.44 bits per heavy atom. The van der Waals surface area contributed by atoms with Crippen LogP contribution in [0.25, 0.3) is 0 Å². The summed E-state index contributed by atoms with van der Waals surface area (Å²) < 4.78 is 27.1. The van der Waals surface area contributed by atoms with Gasteiger partial charge in [0.25, 0.3) is 0 Å². The number of halogens is 1. The van der Waals surface area contributed by atoms with Crippen molar-refractivity contribution in [1.29, 1.82) is 0 Å². The molecule has 1 N–H and O–H groups in total. The van der Waals surface area contributed by atoms with E-state index < -0.39 is 21.6 Å². The fraction of sp³-hybridized carbons (Fsp3) is 0.412. The van der Waals surface area contributed by atoms with Crippen molar-refractivity contribution in [2.45, 2.75) is 37.0 Å². The summed E-state index contributed by atoms with van der Waals surface area (Å²) in [5, 5.41) is 10.2. The maximum absolute atomic E-state index is 12.9. The third-order valence-corrected chi connectivity index (χ3v) is 6.66. The first-order valence-electron chi connectivity index (χ1n) is 8.12. The minimum atomic E-state index is -3.90. The van der Waals surface area contributed by atoms with Crippen molar-refractivity contribution in [2.24, 2.45) is 0 Å². The van der Waals surface area contributed by atoms with Gasteiger partial charge in [0.1, 0.15) is 11.3 Å². The molecule has 2 aliphatic rings. The molecule has 1 aromatic carbocycles. The highest BCUT2D eigenvalue weighted by atomic mass is 35.5. The molecule has 3 rings (SSSR count). The molecule has 8 heteroatoms. The summed E-state index contributed by atoms with van der Waals surface area (Å²) in [4.78, 5) is 24.7. The van der Waals surface area contributed by atoms with E-state index in [4.69, 9.17) is 11.6 Å². The van der Waals surface area contributed by atoms with Crippen LogP contribution < -0.4 is 0 Å². The summed E-state index contributed by atoms with van der Waals surface area (Å²) >= 11 is 5.95. The Kier molecular flexibility index (Phi) is 4.99. The monoisotopic (exact) mass is 383 g/mol. The van der Waals surface area contributed by atoms with Crippen molar-refractivity contribution in [3.63, 3.8) is 0 Å². The molecule has 0 unspecified atom stereocenters. The molecule has 1 fully saturated rings. The maximum atomic E-state index is 12.9. The Hall–Kier alpha value is -1.70. The van der Waals surface area contributed by atoms with Gasteiger partial charge in [-0.05, 0) is 37.5 Å². The predicted molar refractivity (Wildman–Crippen MR) is 92.3 cm³/mol. The lowest BCUT2D eigenvalue weighted by atomic mass is 9.90. The van der Waals surface area contributed by atoms with Crippen LogP contribution in [0.4, 0.5) is 0 Å². The number of carbonyl (C=O) groups excluding carboxylic acids is 2. The number of hydrogen-bond donors (Lipinski definition) is 1. The van der Waals surface area contributed by atoms with Crippen LogP contribution in [-0.2, 0) is 14.8 Å². The smallest absolute Gasteiger partial charge is 0.243 e. The second kappa shape index (κ2) is 6.90. The molecule has 0 atom stereocenters. The molecule has 0 saturated carbocycles. The van der Waals surface area contributed by atoms with Crippen molar-refractivity contribution < 1.29 is 23.1 Å². The molecule has 0 radical (unpaired) electrons. The van der Waals surface area contributed by atoms with Gasteiger partial charge in [0, 0.05) is 36.5 Å². The Balaban J connectivity index is 2.11. The minimum absolute atomic E-state index is 0.131. The van der Waals surface area contributed by atoms with Gasteiger partial charge in [-0.3, -0.25) is 9.59 Å². The number of Topliss-reactive ketones (excluding diaryl/α,β-unsaturated/α-hetero) is 2. The average Bonchev–Trinajstić information content (AvgIpc) is 3.09. The summed E-state index contributed by atoms with van der Waals surface area (Å²) in [6.07, 6.45) is 2.38. The van der Waals surface area contributed by atoms with E-state index in [0.29, 0.717) is 19.5 Å². The highest BCUT2D eigenvalue weighted by Gasteiger charge is 2.34. The Labute approximate surface area is 151 Å². The maximum Gasteiger partial charge on any atom is 0.243 e. The lowest BCUT2D eigenvalue weighted by Gasteiger charge is -2.19. The fourth-order valence-electron chi connectivity index (χ4n) is 3.18. The summed E-state index contributed by atoms with van der Waals surface area (Å²) in [6.45, 7) is 0.769. The van der Waals surface area contributed by atoms with Gasteiger partial charge >= 0.3 is 0 Å². The van der Waals surface area contributed by atoms with E-state index in [1.54, 1.807) is 0 Å². The highest BCUT2D eigenvalue weighted by Crippen LogP contribution is 2.30. The van der Waals surface area contributed by atoms with Gasteiger partial charge in [0.05, 0.1) is 4.90 Å². The van der Waals surface area contributed by atoms with Crippen molar-refractivity contribution in [2.75, 3.05) is 13.1 Å². The molecule has 6 nitrogen and oxygen atoms in total. The van der Waals surface area contributed by atoms with Crippen molar-refractivity contribution in [3.05, 3.63) is 40.1 Å². The highest BCUT2D eigenvalue weighted by molar-refractivity contribution is 7.89. The molecule has 1 heterocycles. The van der Waals surface area contributed by atoms with Gasteiger partial charge < -0.3 is 5.11 Å². The summed E-state index contributed by atoms with van der Waals surface area (Å²) in [5.41, 5.74) is -0.445. The molecule has 134 valence electrons. The first kappa shape index (κ1) is 18.1. The number of rotatable bonds is 4. The van der Waals surface area contributed by atoms with Crippen LogP contribution >= 0.6 is 11.6 Å². The first-order valence-corrected chi connectivity index (χ1v) is 9.94. The number of hydrogen-bond acceptors (Lipinski definition) is 5. The van der Waals surface area contributed by atoms with Gasteiger partial charge in [0.2, 0.25) is 15.8 Å². The van der Waals surface area contributed by atoms with Gasteiger partial charge in [-0.15, -0.1) is 0 Å². The summed E-state index contributed by atoms with van der Waals surface area (Å²) in [5.74, 6) is -1.51.